The Hall–Kier alpha value is -2.89. The topological polar surface area (TPSA) is 56.3 Å². The number of aliphatic imine (C=N–C) groups is 1. The molecule has 3 aromatic rings. The molecule has 0 bridgehead atoms. The van der Waals surface area contributed by atoms with Gasteiger partial charge in [-0.15, -0.1) is 0 Å². The van der Waals surface area contributed by atoms with Crippen LogP contribution in [0.2, 0.25) is 0 Å². The summed E-state index contributed by atoms with van der Waals surface area (Å²) in [5.41, 5.74) is 3.04. The van der Waals surface area contributed by atoms with Gasteiger partial charge >= 0.3 is 0 Å². The van der Waals surface area contributed by atoms with Gasteiger partial charge in [-0.1, -0.05) is 12.1 Å². The molecule has 3 rings (SSSR count). The van der Waals surface area contributed by atoms with E-state index in [1.807, 2.05) is 30.3 Å². The Morgan fingerprint density at radius 3 is 3.00 bits per heavy atom. The van der Waals surface area contributed by atoms with Crippen LogP contribution >= 0.6 is 0 Å². The van der Waals surface area contributed by atoms with Crippen LogP contribution in [0.5, 0.6) is 0 Å². The number of hydrogen-bond acceptors (Lipinski definition) is 2. The number of benzene rings is 1. The van der Waals surface area contributed by atoms with Gasteiger partial charge in [0.05, 0.1) is 0 Å². The van der Waals surface area contributed by atoms with Crippen molar-refractivity contribution in [1.29, 1.82) is 0 Å². The number of guanidine groups is 1. The number of rotatable bonds is 5. The van der Waals surface area contributed by atoms with Crippen molar-refractivity contribution in [3.8, 4) is 0 Å². The van der Waals surface area contributed by atoms with E-state index in [4.69, 9.17) is 0 Å². The molecule has 6 heteroatoms. The number of nitrogens with one attached hydrogen (secondary N) is 2. The highest BCUT2D eigenvalue weighted by Gasteiger charge is 2.08. The molecule has 0 spiro atoms. The van der Waals surface area contributed by atoms with Crippen LogP contribution in [0.15, 0.2) is 53.8 Å². The number of aromatic amines is 1. The number of fused-ring (bicyclic) bond motifs is 1. The van der Waals surface area contributed by atoms with Crippen LogP contribution in [-0.4, -0.2) is 41.5 Å². The van der Waals surface area contributed by atoms with Gasteiger partial charge in [-0.25, -0.2) is 9.37 Å². The molecule has 5 nitrogen and oxygen atoms in total. The molecule has 2 N–H and O–H groups in total. The maximum atomic E-state index is 13.3. The molecule has 1 aromatic carbocycles. The lowest BCUT2D eigenvalue weighted by molar-refractivity contribution is 0.475. The molecule has 0 aliphatic carbocycles. The molecule has 0 fully saturated rings. The number of H-pyrrole nitrogens is 1. The third-order valence-electron chi connectivity index (χ3n) is 4.10. The first-order valence-electron chi connectivity index (χ1n) is 8.24. The lowest BCUT2D eigenvalue weighted by atomic mass is 10.1. The van der Waals surface area contributed by atoms with Gasteiger partial charge in [0.1, 0.15) is 11.5 Å². The Bertz CT molecular complexity index is 871. The highest BCUT2D eigenvalue weighted by Crippen LogP contribution is 2.15. The lowest BCUT2D eigenvalue weighted by Crippen LogP contribution is -2.39. The summed E-state index contributed by atoms with van der Waals surface area (Å²) < 4.78 is 13.3. The standard InChI is InChI=1S/C19H22FN5/c1-21-19(25(2)13-14-5-3-6-16(20)11-14)23-10-8-15-12-24-18-17(15)7-4-9-22-18/h3-7,9,11-12H,8,10,13H2,1-2H3,(H,21,23)(H,22,24). The predicted molar refractivity (Wildman–Crippen MR) is 99.0 cm³/mol. The normalized spacial score (nSPS) is 11.7. The highest BCUT2D eigenvalue weighted by atomic mass is 19.1. The molecule has 130 valence electrons. The van der Waals surface area contributed by atoms with Gasteiger partial charge in [-0.3, -0.25) is 4.99 Å². The van der Waals surface area contributed by atoms with E-state index >= 15 is 0 Å². The maximum Gasteiger partial charge on any atom is 0.193 e. The van der Waals surface area contributed by atoms with Gasteiger partial charge in [0, 0.05) is 45.0 Å². The molecule has 0 aliphatic rings. The molecular formula is C19H22FN5. The summed E-state index contributed by atoms with van der Waals surface area (Å²) in [6, 6.07) is 10.6. The van der Waals surface area contributed by atoms with Crippen molar-refractivity contribution in [3.05, 3.63) is 65.7 Å². The largest absolute Gasteiger partial charge is 0.356 e. The summed E-state index contributed by atoms with van der Waals surface area (Å²) in [5, 5.41) is 4.50. The van der Waals surface area contributed by atoms with E-state index in [-0.39, 0.29) is 5.82 Å². The summed E-state index contributed by atoms with van der Waals surface area (Å²) in [5.74, 6) is 0.559. The molecule has 0 saturated heterocycles. The zero-order chi connectivity index (χ0) is 17.6. The summed E-state index contributed by atoms with van der Waals surface area (Å²) in [6.07, 6.45) is 4.64. The van der Waals surface area contributed by atoms with Crippen molar-refractivity contribution in [2.24, 2.45) is 4.99 Å². The Kier molecular flexibility index (Phi) is 5.28. The third kappa shape index (κ3) is 4.15. The van der Waals surface area contributed by atoms with Crippen molar-refractivity contribution in [3.63, 3.8) is 0 Å². The van der Waals surface area contributed by atoms with Crippen LogP contribution < -0.4 is 5.32 Å². The molecule has 2 aromatic heterocycles. The molecule has 0 radical (unpaired) electrons. The van der Waals surface area contributed by atoms with Crippen molar-refractivity contribution >= 4 is 17.0 Å². The quantitative estimate of drug-likeness (QED) is 0.555. The van der Waals surface area contributed by atoms with E-state index in [2.05, 4.69) is 26.3 Å². The first-order valence-corrected chi connectivity index (χ1v) is 8.24. The number of halogens is 1. The average Bonchev–Trinajstić information content (AvgIpc) is 3.02. The predicted octanol–water partition coefficient (Wildman–Crippen LogP) is 2.95. The van der Waals surface area contributed by atoms with Crippen LogP contribution in [-0.2, 0) is 13.0 Å². The summed E-state index contributed by atoms with van der Waals surface area (Å²) >= 11 is 0. The summed E-state index contributed by atoms with van der Waals surface area (Å²) in [4.78, 5) is 13.8. The van der Waals surface area contributed by atoms with E-state index in [9.17, 15) is 4.39 Å². The highest BCUT2D eigenvalue weighted by molar-refractivity contribution is 5.81. The van der Waals surface area contributed by atoms with Gasteiger partial charge in [0.2, 0.25) is 0 Å². The van der Waals surface area contributed by atoms with Gasteiger partial charge in [0.25, 0.3) is 0 Å². The van der Waals surface area contributed by atoms with E-state index in [0.29, 0.717) is 6.54 Å². The second-order valence-corrected chi connectivity index (χ2v) is 5.92. The number of nitrogens with zero attached hydrogens (tertiary/aromatic N) is 3. The van der Waals surface area contributed by atoms with E-state index < -0.39 is 0 Å². The van der Waals surface area contributed by atoms with E-state index in [0.717, 1.165) is 35.5 Å². The molecule has 0 unspecified atom stereocenters. The Balaban J connectivity index is 1.57. The van der Waals surface area contributed by atoms with Crippen molar-refractivity contribution in [2.75, 3.05) is 20.6 Å². The van der Waals surface area contributed by atoms with Gasteiger partial charge in [0.15, 0.2) is 5.96 Å². The maximum absolute atomic E-state index is 13.3. The molecule has 0 saturated carbocycles. The van der Waals surface area contributed by atoms with Crippen LogP contribution in [0.1, 0.15) is 11.1 Å². The Morgan fingerprint density at radius 1 is 1.32 bits per heavy atom. The third-order valence-corrected chi connectivity index (χ3v) is 4.10. The molecule has 0 atom stereocenters. The SMILES string of the molecule is CN=C(NCCc1c[nH]c2ncccc12)N(C)Cc1cccc(F)c1. The minimum absolute atomic E-state index is 0.221. The molecular weight excluding hydrogens is 317 g/mol. The minimum Gasteiger partial charge on any atom is -0.356 e. The first kappa shape index (κ1) is 17.0. The van der Waals surface area contributed by atoms with Crippen molar-refractivity contribution in [2.45, 2.75) is 13.0 Å². The van der Waals surface area contributed by atoms with Gasteiger partial charge in [-0.05, 0) is 41.8 Å². The van der Waals surface area contributed by atoms with Crippen LogP contribution in [0.3, 0.4) is 0 Å². The second kappa shape index (κ2) is 7.79. The van der Waals surface area contributed by atoms with Crippen molar-refractivity contribution in [1.82, 2.24) is 20.2 Å². The summed E-state index contributed by atoms with van der Waals surface area (Å²) in [7, 11) is 3.69. The average molecular weight is 339 g/mol. The lowest BCUT2D eigenvalue weighted by Gasteiger charge is -2.22. The van der Waals surface area contributed by atoms with Gasteiger partial charge < -0.3 is 15.2 Å². The molecule has 25 heavy (non-hydrogen) atoms. The number of aromatic nitrogens is 2. The Labute approximate surface area is 146 Å². The minimum atomic E-state index is -0.221. The fraction of sp³-hybridized carbons (Fsp3) is 0.263. The van der Waals surface area contributed by atoms with Crippen molar-refractivity contribution < 1.29 is 4.39 Å². The fourth-order valence-electron chi connectivity index (χ4n) is 2.90. The van der Waals surface area contributed by atoms with Crippen LogP contribution in [0.4, 0.5) is 4.39 Å². The Morgan fingerprint density at radius 2 is 2.20 bits per heavy atom. The first-order chi connectivity index (χ1) is 12.2. The molecule has 0 aliphatic heterocycles. The van der Waals surface area contributed by atoms with Crippen LogP contribution in [0, 0.1) is 5.82 Å². The zero-order valence-corrected chi connectivity index (χ0v) is 14.5. The van der Waals surface area contributed by atoms with Gasteiger partial charge in [-0.2, -0.15) is 0 Å². The smallest absolute Gasteiger partial charge is 0.193 e. The molecule has 2 heterocycles. The zero-order valence-electron chi connectivity index (χ0n) is 14.5. The van der Waals surface area contributed by atoms with E-state index in [1.54, 1.807) is 25.4 Å². The summed E-state index contributed by atoms with van der Waals surface area (Å²) in [6.45, 7) is 1.34. The number of hydrogen-bond donors (Lipinski definition) is 2. The number of pyridine rings is 1. The van der Waals surface area contributed by atoms with Crippen LogP contribution in [0.25, 0.3) is 11.0 Å². The fourth-order valence-corrected chi connectivity index (χ4v) is 2.90. The van der Waals surface area contributed by atoms with E-state index in [1.165, 1.54) is 11.6 Å². The monoisotopic (exact) mass is 339 g/mol. The second-order valence-electron chi connectivity index (χ2n) is 5.92. The molecule has 0 amide bonds.